The molecule has 0 atom stereocenters. The summed E-state index contributed by atoms with van der Waals surface area (Å²) in [5, 5.41) is 11.0. The van der Waals surface area contributed by atoms with Crippen LogP contribution < -0.4 is 4.90 Å². The van der Waals surface area contributed by atoms with Gasteiger partial charge in [-0.2, -0.15) is 0 Å². The zero-order chi connectivity index (χ0) is 18.9. The van der Waals surface area contributed by atoms with E-state index in [0.717, 1.165) is 56.8 Å². The summed E-state index contributed by atoms with van der Waals surface area (Å²) >= 11 is 0. The van der Waals surface area contributed by atoms with Crippen LogP contribution in [0.4, 0.5) is 5.82 Å². The number of aromatic nitrogens is 1. The van der Waals surface area contributed by atoms with Gasteiger partial charge >= 0.3 is 0 Å². The third kappa shape index (κ3) is 4.02. The Balaban J connectivity index is 1.30. The molecule has 0 amide bonds. The van der Waals surface area contributed by atoms with Crippen molar-refractivity contribution < 1.29 is 5.11 Å². The molecule has 0 bridgehead atoms. The highest BCUT2D eigenvalue weighted by Gasteiger charge is 2.46. The van der Waals surface area contributed by atoms with Crippen LogP contribution in [0.5, 0.6) is 0 Å². The van der Waals surface area contributed by atoms with E-state index in [1.165, 1.54) is 5.56 Å². The highest BCUT2D eigenvalue weighted by molar-refractivity contribution is 5.38. The Labute approximate surface area is 162 Å². The molecule has 4 heteroatoms. The van der Waals surface area contributed by atoms with E-state index in [-0.39, 0.29) is 0 Å². The van der Waals surface area contributed by atoms with E-state index in [1.807, 2.05) is 18.3 Å². The highest BCUT2D eigenvalue weighted by Crippen LogP contribution is 2.44. The minimum atomic E-state index is -0.640. The molecule has 4 rings (SSSR count). The average Bonchev–Trinajstić information content (AvgIpc) is 2.66. The van der Waals surface area contributed by atoms with Crippen molar-refractivity contribution in [1.82, 2.24) is 9.88 Å². The number of hydrogen-bond acceptors (Lipinski definition) is 4. The van der Waals surface area contributed by atoms with Crippen molar-refractivity contribution in [2.24, 2.45) is 5.92 Å². The molecular formula is C23H31N3O. The number of piperazine rings is 1. The van der Waals surface area contributed by atoms with Crippen molar-refractivity contribution in [3.63, 3.8) is 0 Å². The van der Waals surface area contributed by atoms with Gasteiger partial charge in [-0.3, -0.25) is 4.90 Å². The number of pyridine rings is 1. The normalized spacial score (nSPS) is 26.2. The van der Waals surface area contributed by atoms with E-state index < -0.39 is 5.60 Å². The molecule has 2 fully saturated rings. The fraction of sp³-hybridized carbons (Fsp3) is 0.522. The summed E-state index contributed by atoms with van der Waals surface area (Å²) in [7, 11) is 0. The van der Waals surface area contributed by atoms with Crippen LogP contribution in [0.3, 0.4) is 0 Å². The van der Waals surface area contributed by atoms with Crippen molar-refractivity contribution >= 4 is 5.82 Å². The smallest absolute Gasteiger partial charge is 0.128 e. The molecule has 1 saturated carbocycles. The standard InChI is InChI=1S/C23H31N3O/c1-18(2)15-19-6-8-20(9-7-19)23(27)16-21(17-23)25-11-13-26(14-12-25)22-5-3-4-10-24-22/h3-10,18,21,27H,11-17H2,1-2H3. The van der Waals surface area contributed by atoms with E-state index in [4.69, 9.17) is 0 Å². The number of benzene rings is 1. The Bertz CT molecular complexity index is 730. The molecular weight excluding hydrogens is 334 g/mol. The molecule has 0 unspecified atom stereocenters. The maximum Gasteiger partial charge on any atom is 0.128 e. The molecule has 1 aromatic heterocycles. The topological polar surface area (TPSA) is 39.6 Å². The van der Waals surface area contributed by atoms with Crippen LogP contribution >= 0.6 is 0 Å². The van der Waals surface area contributed by atoms with E-state index in [1.54, 1.807) is 0 Å². The van der Waals surface area contributed by atoms with Gasteiger partial charge in [0, 0.05) is 38.4 Å². The SMILES string of the molecule is CC(C)Cc1ccc(C2(O)CC(N3CCN(c4ccccn4)CC3)C2)cc1. The van der Waals surface area contributed by atoms with Crippen molar-refractivity contribution in [3.05, 3.63) is 59.8 Å². The van der Waals surface area contributed by atoms with Crippen LogP contribution in [0.25, 0.3) is 0 Å². The van der Waals surface area contributed by atoms with Gasteiger partial charge in [-0.05, 0) is 48.4 Å². The maximum absolute atomic E-state index is 11.0. The van der Waals surface area contributed by atoms with Crippen LogP contribution in [-0.2, 0) is 12.0 Å². The summed E-state index contributed by atoms with van der Waals surface area (Å²) in [5.41, 5.74) is 1.80. The second-order valence-electron chi connectivity index (χ2n) is 8.60. The summed E-state index contributed by atoms with van der Waals surface area (Å²) in [6.45, 7) is 8.60. The fourth-order valence-corrected chi connectivity index (χ4v) is 4.49. The largest absolute Gasteiger partial charge is 0.385 e. The quantitative estimate of drug-likeness (QED) is 0.881. The van der Waals surface area contributed by atoms with Crippen molar-refractivity contribution in [2.45, 2.75) is 44.8 Å². The summed E-state index contributed by atoms with van der Waals surface area (Å²) in [6, 6.07) is 15.2. The third-order valence-corrected chi connectivity index (χ3v) is 6.09. The first-order chi connectivity index (χ1) is 13.0. The maximum atomic E-state index is 11.0. The molecule has 27 heavy (non-hydrogen) atoms. The molecule has 1 saturated heterocycles. The van der Waals surface area contributed by atoms with Crippen molar-refractivity contribution in [1.29, 1.82) is 0 Å². The predicted molar refractivity (Wildman–Crippen MR) is 110 cm³/mol. The lowest BCUT2D eigenvalue weighted by Crippen LogP contribution is -2.58. The van der Waals surface area contributed by atoms with Crippen LogP contribution in [0.1, 0.15) is 37.8 Å². The van der Waals surface area contributed by atoms with Crippen molar-refractivity contribution in [2.75, 3.05) is 31.1 Å². The van der Waals surface area contributed by atoms with Crippen LogP contribution in [0.15, 0.2) is 48.7 Å². The lowest BCUT2D eigenvalue weighted by molar-refractivity contribution is -0.0986. The zero-order valence-corrected chi connectivity index (χ0v) is 16.5. The second-order valence-corrected chi connectivity index (χ2v) is 8.60. The fourth-order valence-electron chi connectivity index (χ4n) is 4.49. The number of rotatable bonds is 5. The Kier molecular flexibility index (Phi) is 5.20. The van der Waals surface area contributed by atoms with Crippen LogP contribution in [-0.4, -0.2) is 47.2 Å². The molecule has 1 aliphatic carbocycles. The molecule has 0 radical (unpaired) electrons. The van der Waals surface area contributed by atoms with Gasteiger partial charge in [0.1, 0.15) is 5.82 Å². The lowest BCUT2D eigenvalue weighted by Gasteiger charge is -2.51. The molecule has 2 aromatic rings. The highest BCUT2D eigenvalue weighted by atomic mass is 16.3. The number of nitrogens with zero attached hydrogens (tertiary/aromatic N) is 3. The Hall–Kier alpha value is -1.91. The minimum absolute atomic E-state index is 0.497. The van der Waals surface area contributed by atoms with Gasteiger partial charge in [-0.1, -0.05) is 44.2 Å². The van der Waals surface area contributed by atoms with Gasteiger partial charge in [-0.25, -0.2) is 4.98 Å². The summed E-state index contributed by atoms with van der Waals surface area (Å²) in [6.07, 6.45) is 4.66. The average molecular weight is 366 g/mol. The molecule has 2 aliphatic rings. The van der Waals surface area contributed by atoms with E-state index in [2.05, 4.69) is 59.0 Å². The molecule has 0 spiro atoms. The third-order valence-electron chi connectivity index (χ3n) is 6.09. The minimum Gasteiger partial charge on any atom is -0.385 e. The first-order valence-electron chi connectivity index (χ1n) is 10.3. The Morgan fingerprint density at radius 3 is 2.33 bits per heavy atom. The molecule has 1 aliphatic heterocycles. The second kappa shape index (κ2) is 7.61. The number of anilines is 1. The molecule has 2 heterocycles. The Morgan fingerprint density at radius 2 is 1.74 bits per heavy atom. The first-order valence-corrected chi connectivity index (χ1v) is 10.3. The van der Waals surface area contributed by atoms with E-state index >= 15 is 0 Å². The van der Waals surface area contributed by atoms with E-state index in [0.29, 0.717) is 12.0 Å². The molecule has 144 valence electrons. The lowest BCUT2D eigenvalue weighted by atomic mass is 9.70. The van der Waals surface area contributed by atoms with Gasteiger partial charge in [0.15, 0.2) is 0 Å². The molecule has 4 nitrogen and oxygen atoms in total. The first kappa shape index (κ1) is 18.5. The molecule has 1 N–H and O–H groups in total. The van der Waals surface area contributed by atoms with Crippen LogP contribution in [0, 0.1) is 5.92 Å². The van der Waals surface area contributed by atoms with Gasteiger partial charge in [-0.15, -0.1) is 0 Å². The van der Waals surface area contributed by atoms with E-state index in [9.17, 15) is 5.11 Å². The summed E-state index contributed by atoms with van der Waals surface area (Å²) in [5.74, 6) is 1.74. The van der Waals surface area contributed by atoms with Crippen LogP contribution in [0.2, 0.25) is 0 Å². The number of hydrogen-bond donors (Lipinski definition) is 1. The van der Waals surface area contributed by atoms with Gasteiger partial charge in [0.2, 0.25) is 0 Å². The zero-order valence-electron chi connectivity index (χ0n) is 16.5. The van der Waals surface area contributed by atoms with Crippen molar-refractivity contribution in [3.8, 4) is 0 Å². The summed E-state index contributed by atoms with van der Waals surface area (Å²) < 4.78 is 0. The van der Waals surface area contributed by atoms with Gasteiger partial charge in [0.25, 0.3) is 0 Å². The predicted octanol–water partition coefficient (Wildman–Crippen LogP) is 3.45. The Morgan fingerprint density at radius 1 is 1.04 bits per heavy atom. The monoisotopic (exact) mass is 365 g/mol. The summed E-state index contributed by atoms with van der Waals surface area (Å²) in [4.78, 5) is 9.36. The van der Waals surface area contributed by atoms with Gasteiger partial charge in [0.05, 0.1) is 5.60 Å². The number of aliphatic hydroxyl groups is 1. The van der Waals surface area contributed by atoms with Gasteiger partial charge < -0.3 is 10.0 Å². The molecule has 1 aromatic carbocycles.